The van der Waals surface area contributed by atoms with Gasteiger partial charge in [0.15, 0.2) is 11.5 Å². The summed E-state index contributed by atoms with van der Waals surface area (Å²) in [5.41, 5.74) is 0.275. The van der Waals surface area contributed by atoms with Crippen LogP contribution in [0.25, 0.3) is 6.08 Å². The number of amides is 4. The van der Waals surface area contributed by atoms with E-state index in [0.717, 1.165) is 23.3 Å². The molecule has 0 saturated carbocycles. The van der Waals surface area contributed by atoms with Crippen LogP contribution in [0.3, 0.4) is 0 Å². The number of nitrogens with one attached hydrogen (secondary N) is 1. The molecule has 3 aromatic rings. The Kier molecular flexibility index (Phi) is 8.74. The number of ether oxygens (including phenoxy) is 2. The molecule has 1 fully saturated rings. The number of rotatable bonds is 7. The van der Waals surface area contributed by atoms with Gasteiger partial charge in [-0.3, -0.25) is 14.9 Å². The minimum atomic E-state index is -4.75. The predicted octanol–water partition coefficient (Wildman–Crippen LogP) is 6.92. The second kappa shape index (κ2) is 11.9. The first kappa shape index (κ1) is 29.4. The third-order valence-electron chi connectivity index (χ3n) is 5.72. The van der Waals surface area contributed by atoms with Crippen molar-refractivity contribution < 1.29 is 37.0 Å². The Bertz CT molecular complexity index is 1540. The van der Waals surface area contributed by atoms with Crippen LogP contribution in [-0.2, 0) is 22.4 Å². The molecule has 40 heavy (non-hydrogen) atoms. The Balaban J connectivity index is 1.70. The first-order valence-electron chi connectivity index (χ1n) is 11.8. The number of alkyl halides is 3. The second-order valence-electron chi connectivity index (χ2n) is 8.66. The van der Waals surface area contributed by atoms with Gasteiger partial charge in [-0.25, -0.2) is 9.69 Å². The predicted molar refractivity (Wildman–Crippen MR) is 151 cm³/mol. The summed E-state index contributed by atoms with van der Waals surface area (Å²) >= 11 is 8.08. The largest absolute Gasteiger partial charge is 0.490 e. The number of aryl methyl sites for hydroxylation is 1. The quantitative estimate of drug-likeness (QED) is 0.166. The van der Waals surface area contributed by atoms with Gasteiger partial charge in [-0.2, -0.15) is 13.2 Å². The number of halogens is 5. The van der Waals surface area contributed by atoms with E-state index >= 15 is 0 Å². The average molecular weight is 685 g/mol. The number of hydrogen-bond donors (Lipinski definition) is 1. The Morgan fingerprint density at radius 2 is 1.80 bits per heavy atom. The highest BCUT2D eigenvalue weighted by molar-refractivity contribution is 14.1. The van der Waals surface area contributed by atoms with Crippen LogP contribution in [0.4, 0.5) is 23.7 Å². The van der Waals surface area contributed by atoms with Crippen LogP contribution in [0.1, 0.15) is 29.2 Å². The lowest BCUT2D eigenvalue weighted by Crippen LogP contribution is -2.54. The third kappa shape index (κ3) is 6.41. The molecule has 1 N–H and O–H groups in total. The van der Waals surface area contributed by atoms with E-state index in [0.29, 0.717) is 38.2 Å². The molecular weight excluding hydrogens is 664 g/mol. The number of urea groups is 1. The standard InChI is InChI=1S/C28H21ClF3IN2O5/c1-3-39-23-12-17(11-21(33)24(23)40-14-16-6-4-5-15(2)9-16)10-19-25(36)34-27(38)35(26(19)37)22-13-18(28(30,31)32)7-8-20(22)29/h4-13H,3,14H2,1-2H3,(H,34,36,38)/b19-10-. The van der Waals surface area contributed by atoms with Gasteiger partial charge in [-0.15, -0.1) is 0 Å². The van der Waals surface area contributed by atoms with E-state index in [-0.39, 0.29) is 11.6 Å². The summed E-state index contributed by atoms with van der Waals surface area (Å²) in [7, 11) is 0. The van der Waals surface area contributed by atoms with E-state index in [1.807, 2.05) is 59.1 Å². The van der Waals surface area contributed by atoms with Crippen LogP contribution in [0, 0.1) is 10.5 Å². The molecule has 208 valence electrons. The highest BCUT2D eigenvalue weighted by Gasteiger charge is 2.39. The first-order valence-corrected chi connectivity index (χ1v) is 13.3. The van der Waals surface area contributed by atoms with Crippen LogP contribution < -0.4 is 19.7 Å². The topological polar surface area (TPSA) is 84.9 Å². The van der Waals surface area contributed by atoms with Gasteiger partial charge in [-0.1, -0.05) is 41.4 Å². The van der Waals surface area contributed by atoms with Crippen molar-refractivity contribution in [1.29, 1.82) is 0 Å². The summed E-state index contributed by atoms with van der Waals surface area (Å²) in [6.07, 6.45) is -3.54. The molecule has 0 aromatic heterocycles. The fourth-order valence-electron chi connectivity index (χ4n) is 3.93. The zero-order valence-electron chi connectivity index (χ0n) is 21.1. The van der Waals surface area contributed by atoms with E-state index in [9.17, 15) is 27.6 Å². The summed E-state index contributed by atoms with van der Waals surface area (Å²) in [6, 6.07) is 12.0. The Morgan fingerprint density at radius 3 is 2.48 bits per heavy atom. The van der Waals surface area contributed by atoms with Crippen LogP contribution in [0.5, 0.6) is 11.5 Å². The monoisotopic (exact) mass is 684 g/mol. The van der Waals surface area contributed by atoms with E-state index < -0.39 is 40.8 Å². The molecule has 1 saturated heterocycles. The fraction of sp³-hybridized carbons (Fsp3) is 0.179. The molecule has 7 nitrogen and oxygen atoms in total. The molecule has 1 heterocycles. The van der Waals surface area contributed by atoms with Crippen molar-refractivity contribution in [2.24, 2.45) is 0 Å². The number of anilines is 1. The molecular formula is C28H21ClF3IN2O5. The minimum absolute atomic E-state index is 0.272. The number of imide groups is 2. The summed E-state index contributed by atoms with van der Waals surface area (Å²) in [4.78, 5) is 38.9. The van der Waals surface area contributed by atoms with Gasteiger partial charge < -0.3 is 9.47 Å². The lowest BCUT2D eigenvalue weighted by molar-refractivity contribution is -0.137. The maximum absolute atomic E-state index is 13.3. The summed E-state index contributed by atoms with van der Waals surface area (Å²) < 4.78 is 52.3. The zero-order chi connectivity index (χ0) is 29.2. The average Bonchev–Trinajstić information content (AvgIpc) is 2.86. The molecule has 0 atom stereocenters. The van der Waals surface area contributed by atoms with Crippen molar-refractivity contribution in [3.05, 3.63) is 91.0 Å². The highest BCUT2D eigenvalue weighted by Crippen LogP contribution is 2.38. The number of nitrogens with zero attached hydrogens (tertiary/aromatic N) is 1. The lowest BCUT2D eigenvalue weighted by atomic mass is 10.1. The van der Waals surface area contributed by atoms with Crippen LogP contribution >= 0.6 is 34.2 Å². The lowest BCUT2D eigenvalue weighted by Gasteiger charge is -2.27. The first-order chi connectivity index (χ1) is 18.9. The van der Waals surface area contributed by atoms with Gasteiger partial charge >= 0.3 is 12.2 Å². The van der Waals surface area contributed by atoms with Gasteiger partial charge in [0, 0.05) is 0 Å². The van der Waals surface area contributed by atoms with Gasteiger partial charge in [0.1, 0.15) is 12.2 Å². The van der Waals surface area contributed by atoms with Gasteiger partial charge in [0.05, 0.1) is 26.5 Å². The molecule has 3 aromatic carbocycles. The smallest absolute Gasteiger partial charge is 0.416 e. The van der Waals surface area contributed by atoms with E-state index in [4.69, 9.17) is 21.1 Å². The molecule has 0 spiro atoms. The Morgan fingerprint density at radius 1 is 1.05 bits per heavy atom. The molecule has 1 aliphatic rings. The fourth-order valence-corrected chi connectivity index (χ4v) is 4.92. The Labute approximate surface area is 246 Å². The van der Waals surface area contributed by atoms with Crippen molar-refractivity contribution >= 4 is 63.8 Å². The second-order valence-corrected chi connectivity index (χ2v) is 10.2. The zero-order valence-corrected chi connectivity index (χ0v) is 24.0. The normalized spacial score (nSPS) is 14.9. The van der Waals surface area contributed by atoms with Gasteiger partial charge in [0.2, 0.25) is 0 Å². The number of benzene rings is 3. The maximum atomic E-state index is 13.3. The number of carbonyl (C=O) groups excluding carboxylic acids is 3. The molecule has 12 heteroatoms. The summed E-state index contributed by atoms with van der Waals surface area (Å²) in [5.74, 6) is -1.34. The van der Waals surface area contributed by atoms with E-state index in [2.05, 4.69) is 0 Å². The van der Waals surface area contributed by atoms with Crippen molar-refractivity contribution in [3.63, 3.8) is 0 Å². The SMILES string of the molecule is CCOc1cc(/C=C2/C(=O)NC(=O)N(c3cc(C(F)(F)F)ccc3Cl)C2=O)cc(I)c1OCc1cccc(C)c1. The van der Waals surface area contributed by atoms with Crippen LogP contribution in [0.15, 0.2) is 60.2 Å². The van der Waals surface area contributed by atoms with Crippen molar-refractivity contribution in [3.8, 4) is 11.5 Å². The van der Waals surface area contributed by atoms with Gasteiger partial charge in [-0.05, 0) is 84.0 Å². The van der Waals surface area contributed by atoms with Crippen LogP contribution in [-0.4, -0.2) is 24.5 Å². The van der Waals surface area contributed by atoms with E-state index in [1.54, 1.807) is 19.1 Å². The number of carbonyl (C=O) groups is 3. The molecule has 0 radical (unpaired) electrons. The van der Waals surface area contributed by atoms with Gasteiger partial charge in [0.25, 0.3) is 11.8 Å². The Hall–Kier alpha value is -3.58. The van der Waals surface area contributed by atoms with Crippen molar-refractivity contribution in [2.45, 2.75) is 26.6 Å². The molecule has 1 aliphatic heterocycles. The van der Waals surface area contributed by atoms with Crippen molar-refractivity contribution in [1.82, 2.24) is 5.32 Å². The minimum Gasteiger partial charge on any atom is -0.490 e. The highest BCUT2D eigenvalue weighted by atomic mass is 127. The molecule has 0 unspecified atom stereocenters. The van der Waals surface area contributed by atoms with E-state index in [1.165, 1.54) is 6.08 Å². The maximum Gasteiger partial charge on any atom is 0.416 e. The number of hydrogen-bond acceptors (Lipinski definition) is 5. The molecule has 4 rings (SSSR count). The van der Waals surface area contributed by atoms with Crippen LogP contribution in [0.2, 0.25) is 5.02 Å². The summed E-state index contributed by atoms with van der Waals surface area (Å²) in [5, 5.41) is 1.70. The molecule has 4 amide bonds. The van der Waals surface area contributed by atoms with Crippen molar-refractivity contribution in [2.75, 3.05) is 11.5 Å². The molecule has 0 bridgehead atoms. The number of barbiturate groups is 1. The third-order valence-corrected chi connectivity index (χ3v) is 6.85. The molecule has 0 aliphatic carbocycles. The summed E-state index contributed by atoms with van der Waals surface area (Å²) in [6.45, 7) is 4.32.